The number of carbonyl (C=O) groups is 1. The molecule has 1 saturated heterocycles. The lowest BCUT2D eigenvalue weighted by atomic mass is 9.89. The zero-order valence-corrected chi connectivity index (χ0v) is 13.5. The van der Waals surface area contributed by atoms with E-state index in [0.717, 1.165) is 42.3 Å². The van der Waals surface area contributed by atoms with Gasteiger partial charge in [0.15, 0.2) is 11.5 Å². The molecule has 120 valence electrons. The van der Waals surface area contributed by atoms with E-state index in [2.05, 4.69) is 11.2 Å². The Balaban J connectivity index is 1.74. The number of aliphatic carboxylic acids is 1. The molecule has 5 nitrogen and oxygen atoms in total. The molecule has 2 atom stereocenters. The third-order valence-electron chi connectivity index (χ3n) is 4.36. The number of hydrogen-bond acceptors (Lipinski definition) is 5. The summed E-state index contributed by atoms with van der Waals surface area (Å²) in [6, 6.07) is 5.79. The predicted molar refractivity (Wildman–Crippen MR) is 85.9 cm³/mol. The maximum Gasteiger partial charge on any atom is 0.308 e. The van der Waals surface area contributed by atoms with Gasteiger partial charge >= 0.3 is 5.97 Å². The molecule has 0 bridgehead atoms. The minimum Gasteiger partial charge on any atom is -0.481 e. The van der Waals surface area contributed by atoms with Gasteiger partial charge in [-0.3, -0.25) is 4.79 Å². The Bertz CT molecular complexity index is 551. The van der Waals surface area contributed by atoms with E-state index >= 15 is 0 Å². The predicted octanol–water partition coefficient (Wildman–Crippen LogP) is 2.27. The van der Waals surface area contributed by atoms with Crippen molar-refractivity contribution in [3.63, 3.8) is 0 Å². The molecule has 22 heavy (non-hydrogen) atoms. The van der Waals surface area contributed by atoms with Gasteiger partial charge < -0.3 is 19.5 Å². The molecule has 2 aliphatic heterocycles. The summed E-state index contributed by atoms with van der Waals surface area (Å²) < 4.78 is 10.7. The van der Waals surface area contributed by atoms with Crippen LogP contribution in [0.3, 0.4) is 0 Å². The fraction of sp³-hybridized carbons (Fsp3) is 0.562. The summed E-state index contributed by atoms with van der Waals surface area (Å²) in [5.41, 5.74) is 1.03. The summed E-state index contributed by atoms with van der Waals surface area (Å²) in [7, 11) is 0. The number of rotatable bonds is 6. The van der Waals surface area contributed by atoms with Crippen LogP contribution in [0.15, 0.2) is 18.2 Å². The van der Waals surface area contributed by atoms with E-state index in [-0.39, 0.29) is 18.6 Å². The fourth-order valence-corrected chi connectivity index (χ4v) is 3.65. The Morgan fingerprint density at radius 1 is 1.36 bits per heavy atom. The Labute approximate surface area is 134 Å². The highest BCUT2D eigenvalue weighted by atomic mass is 32.2. The number of carboxylic acids is 1. The average molecular weight is 323 g/mol. The first-order valence-corrected chi connectivity index (χ1v) is 8.92. The Morgan fingerprint density at radius 3 is 2.95 bits per heavy atom. The first-order chi connectivity index (χ1) is 10.7. The van der Waals surface area contributed by atoms with Crippen LogP contribution >= 0.6 is 11.8 Å². The topological polar surface area (TPSA) is 59.0 Å². The van der Waals surface area contributed by atoms with E-state index in [0.29, 0.717) is 6.54 Å². The number of carboxylic acid groups (broad SMARTS) is 1. The third-order valence-corrected chi connectivity index (χ3v) is 5.06. The van der Waals surface area contributed by atoms with Crippen molar-refractivity contribution < 1.29 is 19.4 Å². The molecule has 1 N–H and O–H groups in total. The summed E-state index contributed by atoms with van der Waals surface area (Å²) >= 11 is 1.83. The number of thioether (sulfide) groups is 1. The fourth-order valence-electron chi connectivity index (χ4n) is 3.23. The highest BCUT2D eigenvalue weighted by Crippen LogP contribution is 2.39. The Kier molecular flexibility index (Phi) is 4.78. The quantitative estimate of drug-likeness (QED) is 0.811. The van der Waals surface area contributed by atoms with Crippen molar-refractivity contribution in [1.29, 1.82) is 0 Å². The number of hydrogen-bond donors (Lipinski definition) is 1. The molecule has 0 aliphatic carbocycles. The maximum absolute atomic E-state index is 11.6. The lowest BCUT2D eigenvalue weighted by Gasteiger charge is -2.16. The molecule has 0 spiro atoms. The van der Waals surface area contributed by atoms with Crippen molar-refractivity contribution in [2.24, 2.45) is 5.92 Å². The summed E-state index contributed by atoms with van der Waals surface area (Å²) in [4.78, 5) is 13.9. The molecular weight excluding hydrogens is 302 g/mol. The molecule has 1 aromatic carbocycles. The second-order valence-corrected chi connectivity index (χ2v) is 6.76. The molecule has 3 rings (SSSR count). The normalized spacial score (nSPS) is 23.9. The van der Waals surface area contributed by atoms with Crippen molar-refractivity contribution in [3.8, 4) is 11.5 Å². The van der Waals surface area contributed by atoms with E-state index in [4.69, 9.17) is 9.47 Å². The molecular formula is C16H21NO4S. The third kappa shape index (κ3) is 3.17. The molecule has 1 aromatic rings. The average Bonchev–Trinajstić information content (AvgIpc) is 3.13. The second-order valence-electron chi connectivity index (χ2n) is 5.77. The smallest absolute Gasteiger partial charge is 0.308 e. The molecule has 0 amide bonds. The Hall–Kier alpha value is -1.40. The number of nitrogens with zero attached hydrogens (tertiary/aromatic N) is 1. The first kappa shape index (κ1) is 15.5. The molecule has 6 heteroatoms. The van der Waals surface area contributed by atoms with Gasteiger partial charge in [-0.25, -0.2) is 0 Å². The number of benzene rings is 1. The number of ether oxygens (including phenoxy) is 2. The van der Waals surface area contributed by atoms with Crippen LogP contribution in [-0.4, -0.2) is 54.4 Å². The summed E-state index contributed by atoms with van der Waals surface area (Å²) in [6.07, 6.45) is 3.20. The van der Waals surface area contributed by atoms with Crippen LogP contribution < -0.4 is 9.47 Å². The molecule has 1 fully saturated rings. The Morgan fingerprint density at radius 2 is 2.18 bits per heavy atom. The van der Waals surface area contributed by atoms with Gasteiger partial charge in [-0.2, -0.15) is 11.8 Å². The summed E-state index contributed by atoms with van der Waals surface area (Å²) in [5, 5.41) is 9.54. The summed E-state index contributed by atoms with van der Waals surface area (Å²) in [5.74, 6) is 1.53. The molecule has 0 unspecified atom stereocenters. The van der Waals surface area contributed by atoms with Crippen molar-refractivity contribution >= 4 is 17.7 Å². The summed E-state index contributed by atoms with van der Waals surface area (Å²) in [6.45, 7) is 2.63. The van der Waals surface area contributed by atoms with E-state index in [1.54, 1.807) is 0 Å². The molecule has 2 aliphatic rings. The largest absolute Gasteiger partial charge is 0.481 e. The van der Waals surface area contributed by atoms with Crippen molar-refractivity contribution in [3.05, 3.63) is 23.8 Å². The van der Waals surface area contributed by atoms with Crippen molar-refractivity contribution in [2.75, 3.05) is 38.4 Å². The second kappa shape index (κ2) is 6.79. The van der Waals surface area contributed by atoms with E-state index in [9.17, 15) is 9.90 Å². The van der Waals surface area contributed by atoms with Gasteiger partial charge in [0.25, 0.3) is 0 Å². The van der Waals surface area contributed by atoms with Gasteiger partial charge in [-0.15, -0.1) is 0 Å². The lowest BCUT2D eigenvalue weighted by Crippen LogP contribution is -2.24. The minimum atomic E-state index is -0.713. The highest BCUT2D eigenvalue weighted by molar-refractivity contribution is 7.98. The van der Waals surface area contributed by atoms with Gasteiger partial charge in [0.2, 0.25) is 6.79 Å². The van der Waals surface area contributed by atoms with Crippen molar-refractivity contribution in [2.45, 2.75) is 12.3 Å². The molecule has 2 heterocycles. The number of likely N-dealkylation sites (tertiary alicyclic amines) is 1. The zero-order valence-electron chi connectivity index (χ0n) is 12.7. The van der Waals surface area contributed by atoms with Crippen LogP contribution in [0.4, 0.5) is 0 Å². The van der Waals surface area contributed by atoms with Gasteiger partial charge in [0.05, 0.1) is 5.92 Å². The first-order valence-electron chi connectivity index (χ1n) is 7.52. The van der Waals surface area contributed by atoms with Gasteiger partial charge in [-0.1, -0.05) is 6.07 Å². The van der Waals surface area contributed by atoms with Crippen molar-refractivity contribution in [1.82, 2.24) is 4.90 Å². The van der Waals surface area contributed by atoms with Crippen LogP contribution in [0.1, 0.15) is 17.9 Å². The monoisotopic (exact) mass is 323 g/mol. The zero-order chi connectivity index (χ0) is 15.5. The minimum absolute atomic E-state index is 0.0151. The SMILES string of the molecule is CSCCCN1C[C@@H](C(=O)O)[C@H](c2ccc3c(c2)OCO3)C1. The van der Waals surface area contributed by atoms with Gasteiger partial charge in [0.1, 0.15) is 0 Å². The molecule has 0 aromatic heterocycles. The lowest BCUT2D eigenvalue weighted by molar-refractivity contribution is -0.141. The van der Waals surface area contributed by atoms with Crippen LogP contribution in [0.25, 0.3) is 0 Å². The van der Waals surface area contributed by atoms with E-state index in [1.165, 1.54) is 0 Å². The van der Waals surface area contributed by atoms with Crippen LogP contribution in [0.5, 0.6) is 11.5 Å². The standard InChI is InChI=1S/C16H21NO4S/c1-22-6-2-5-17-8-12(13(9-17)16(18)19)11-3-4-14-15(7-11)21-10-20-14/h3-4,7,12-13H,2,5-6,8-10H2,1H3,(H,18,19)/t12-,13+/m0/s1. The molecule has 0 saturated carbocycles. The van der Waals surface area contributed by atoms with Crippen LogP contribution in [0.2, 0.25) is 0 Å². The molecule has 0 radical (unpaired) electrons. The van der Waals surface area contributed by atoms with Crippen LogP contribution in [0, 0.1) is 5.92 Å². The van der Waals surface area contributed by atoms with Gasteiger partial charge in [0, 0.05) is 19.0 Å². The van der Waals surface area contributed by atoms with Crippen LogP contribution in [-0.2, 0) is 4.79 Å². The van der Waals surface area contributed by atoms with Gasteiger partial charge in [-0.05, 0) is 42.7 Å². The maximum atomic E-state index is 11.6. The number of fused-ring (bicyclic) bond motifs is 1. The van der Waals surface area contributed by atoms with E-state index in [1.807, 2.05) is 30.0 Å². The highest BCUT2D eigenvalue weighted by Gasteiger charge is 2.38. The van der Waals surface area contributed by atoms with E-state index < -0.39 is 5.97 Å².